The summed E-state index contributed by atoms with van der Waals surface area (Å²) in [6.45, 7) is 3.20. The number of ketones is 1. The van der Waals surface area contributed by atoms with Crippen LogP contribution in [0.15, 0.2) is 59.7 Å². The number of nitrogens with one attached hydrogen (secondary N) is 1. The van der Waals surface area contributed by atoms with E-state index in [0.29, 0.717) is 16.9 Å². The van der Waals surface area contributed by atoms with Gasteiger partial charge in [-0.25, -0.2) is 4.98 Å². The zero-order chi connectivity index (χ0) is 21.3. The Morgan fingerprint density at radius 2 is 1.87 bits per heavy atom. The number of Topliss-reactive ketones (excluding diaryl/α,β-unsaturated/α-hetero) is 1. The summed E-state index contributed by atoms with van der Waals surface area (Å²) >= 11 is 0. The molecule has 0 spiro atoms. The highest BCUT2D eigenvalue weighted by Crippen LogP contribution is 2.13. The van der Waals surface area contributed by atoms with E-state index in [0.717, 1.165) is 11.3 Å². The van der Waals surface area contributed by atoms with E-state index in [1.807, 2.05) is 31.2 Å². The van der Waals surface area contributed by atoms with Gasteiger partial charge in [-0.2, -0.15) is 4.68 Å². The summed E-state index contributed by atoms with van der Waals surface area (Å²) in [4.78, 5) is 40.7. The predicted molar refractivity (Wildman–Crippen MR) is 111 cm³/mol. The first kappa shape index (κ1) is 19.2. The quantitative estimate of drug-likeness (QED) is 0.512. The van der Waals surface area contributed by atoms with Crippen molar-refractivity contribution < 1.29 is 9.59 Å². The molecule has 1 N–H and O–H groups in total. The lowest BCUT2D eigenvalue weighted by molar-refractivity contribution is -0.116. The third kappa shape index (κ3) is 3.72. The number of aryl methyl sites for hydroxylation is 1. The van der Waals surface area contributed by atoms with E-state index in [2.05, 4.69) is 20.6 Å². The van der Waals surface area contributed by atoms with Crippen LogP contribution in [0.5, 0.6) is 0 Å². The first-order valence-corrected chi connectivity index (χ1v) is 9.21. The van der Waals surface area contributed by atoms with Crippen molar-refractivity contribution in [3.05, 3.63) is 76.3 Å². The maximum absolute atomic E-state index is 12.7. The van der Waals surface area contributed by atoms with Gasteiger partial charge in [0, 0.05) is 11.3 Å². The fourth-order valence-corrected chi connectivity index (χ4v) is 3.03. The molecule has 0 radical (unpaired) electrons. The van der Waals surface area contributed by atoms with E-state index < -0.39 is 11.5 Å². The van der Waals surface area contributed by atoms with Gasteiger partial charge in [0.05, 0.1) is 5.69 Å². The average molecular weight is 402 g/mol. The highest BCUT2D eigenvalue weighted by molar-refractivity contribution is 5.95. The molecule has 2 aromatic carbocycles. The van der Waals surface area contributed by atoms with Gasteiger partial charge < -0.3 is 5.32 Å². The van der Waals surface area contributed by atoms with Crippen LogP contribution in [0, 0.1) is 6.92 Å². The number of hydrogen-bond donors (Lipinski definition) is 1. The lowest BCUT2D eigenvalue weighted by Gasteiger charge is -2.08. The molecule has 0 aliphatic rings. The number of benzene rings is 2. The lowest BCUT2D eigenvalue weighted by atomic mass is 10.1. The van der Waals surface area contributed by atoms with Crippen molar-refractivity contribution in [3.63, 3.8) is 0 Å². The second-order valence-electron chi connectivity index (χ2n) is 6.87. The zero-order valence-electron chi connectivity index (χ0n) is 16.4. The highest BCUT2D eigenvalue weighted by Gasteiger charge is 2.15. The molecule has 1 amide bonds. The number of amides is 1. The second kappa shape index (κ2) is 7.70. The summed E-state index contributed by atoms with van der Waals surface area (Å²) in [6, 6.07) is 14.1. The van der Waals surface area contributed by atoms with Gasteiger partial charge in [0.2, 0.25) is 5.91 Å². The number of anilines is 1. The molecule has 0 bridgehead atoms. The molecule has 0 aliphatic carbocycles. The molecule has 0 unspecified atom stereocenters. The van der Waals surface area contributed by atoms with E-state index >= 15 is 0 Å². The summed E-state index contributed by atoms with van der Waals surface area (Å²) < 4.78 is 2.67. The third-order valence-corrected chi connectivity index (χ3v) is 4.56. The minimum absolute atomic E-state index is 0.0579. The number of carbonyl (C=O) groups is 2. The topological polar surface area (TPSA) is 112 Å². The Kier molecular flexibility index (Phi) is 4.93. The minimum atomic E-state index is -0.457. The Balaban J connectivity index is 1.56. The molecule has 0 atom stereocenters. The summed E-state index contributed by atoms with van der Waals surface area (Å²) in [7, 11) is 0. The van der Waals surface area contributed by atoms with Gasteiger partial charge in [0.1, 0.15) is 12.9 Å². The van der Waals surface area contributed by atoms with Crippen molar-refractivity contribution in [1.82, 2.24) is 24.5 Å². The SMILES string of the molecule is CC(=O)c1ccc(NC(=O)Cn2cnc3c(nnn3-c3cccc(C)c3)c2=O)cc1. The van der Waals surface area contributed by atoms with Crippen molar-refractivity contribution in [2.24, 2.45) is 0 Å². The molecular weight excluding hydrogens is 384 g/mol. The highest BCUT2D eigenvalue weighted by atomic mass is 16.2. The molecular formula is C21H18N6O3. The Hall–Kier alpha value is -4.14. The Bertz CT molecular complexity index is 1320. The smallest absolute Gasteiger partial charge is 0.284 e. The number of hydrogen-bond acceptors (Lipinski definition) is 6. The monoisotopic (exact) mass is 402 g/mol. The molecule has 150 valence electrons. The normalized spacial score (nSPS) is 10.9. The van der Waals surface area contributed by atoms with Gasteiger partial charge in [0.15, 0.2) is 16.9 Å². The molecule has 0 fully saturated rings. The second-order valence-corrected chi connectivity index (χ2v) is 6.87. The van der Waals surface area contributed by atoms with Gasteiger partial charge in [-0.1, -0.05) is 17.3 Å². The first-order valence-electron chi connectivity index (χ1n) is 9.21. The molecule has 4 rings (SSSR count). The van der Waals surface area contributed by atoms with Crippen molar-refractivity contribution in [2.75, 3.05) is 5.32 Å². The van der Waals surface area contributed by atoms with E-state index in [-0.39, 0.29) is 17.8 Å². The zero-order valence-corrected chi connectivity index (χ0v) is 16.4. The van der Waals surface area contributed by atoms with Gasteiger partial charge in [-0.3, -0.25) is 19.0 Å². The Morgan fingerprint density at radius 3 is 2.57 bits per heavy atom. The third-order valence-electron chi connectivity index (χ3n) is 4.56. The number of aromatic nitrogens is 5. The van der Waals surface area contributed by atoms with Crippen molar-refractivity contribution >= 4 is 28.5 Å². The van der Waals surface area contributed by atoms with E-state index in [4.69, 9.17) is 0 Å². The number of carbonyl (C=O) groups excluding carboxylic acids is 2. The molecule has 0 aliphatic heterocycles. The van der Waals surface area contributed by atoms with Crippen LogP contribution >= 0.6 is 0 Å². The van der Waals surface area contributed by atoms with Crippen LogP contribution in [0.4, 0.5) is 5.69 Å². The molecule has 0 saturated heterocycles. The van der Waals surface area contributed by atoms with Crippen molar-refractivity contribution in [3.8, 4) is 5.69 Å². The molecule has 4 aromatic rings. The van der Waals surface area contributed by atoms with Gasteiger partial charge in [-0.15, -0.1) is 5.10 Å². The lowest BCUT2D eigenvalue weighted by Crippen LogP contribution is -2.28. The van der Waals surface area contributed by atoms with Crippen LogP contribution < -0.4 is 10.9 Å². The van der Waals surface area contributed by atoms with E-state index in [1.54, 1.807) is 24.3 Å². The summed E-state index contributed by atoms with van der Waals surface area (Å²) in [5, 5.41) is 10.7. The standard InChI is InChI=1S/C21H18N6O3/c1-13-4-3-5-17(10-13)27-20-19(24-25-27)21(30)26(12-22-20)11-18(29)23-16-8-6-15(7-9-16)14(2)28/h3-10,12H,11H2,1-2H3,(H,23,29). The van der Waals surface area contributed by atoms with E-state index in [1.165, 1.54) is 22.5 Å². The Morgan fingerprint density at radius 1 is 1.10 bits per heavy atom. The van der Waals surface area contributed by atoms with Crippen molar-refractivity contribution in [2.45, 2.75) is 20.4 Å². The number of nitrogens with zero attached hydrogens (tertiary/aromatic N) is 5. The molecule has 30 heavy (non-hydrogen) atoms. The van der Waals surface area contributed by atoms with Crippen molar-refractivity contribution in [1.29, 1.82) is 0 Å². The molecule has 2 aromatic heterocycles. The molecule has 2 heterocycles. The number of rotatable bonds is 5. The maximum atomic E-state index is 12.7. The van der Waals surface area contributed by atoms with Crippen LogP contribution in [0.25, 0.3) is 16.9 Å². The van der Waals surface area contributed by atoms with Gasteiger partial charge in [0.25, 0.3) is 5.56 Å². The van der Waals surface area contributed by atoms with Gasteiger partial charge >= 0.3 is 0 Å². The Labute approximate surface area is 171 Å². The molecule has 9 nitrogen and oxygen atoms in total. The van der Waals surface area contributed by atoms with Crippen LogP contribution in [0.2, 0.25) is 0 Å². The summed E-state index contributed by atoms with van der Waals surface area (Å²) in [6.07, 6.45) is 1.30. The van der Waals surface area contributed by atoms with Crippen LogP contribution in [0.3, 0.4) is 0 Å². The fourth-order valence-electron chi connectivity index (χ4n) is 3.03. The van der Waals surface area contributed by atoms with E-state index in [9.17, 15) is 14.4 Å². The maximum Gasteiger partial charge on any atom is 0.284 e. The summed E-state index contributed by atoms with van der Waals surface area (Å²) in [5.74, 6) is -0.461. The van der Waals surface area contributed by atoms with Gasteiger partial charge in [-0.05, 0) is 55.8 Å². The average Bonchev–Trinajstić information content (AvgIpc) is 3.15. The predicted octanol–water partition coefficient (Wildman–Crippen LogP) is 2.13. The van der Waals surface area contributed by atoms with Crippen LogP contribution in [-0.2, 0) is 11.3 Å². The summed E-state index contributed by atoms with van der Waals surface area (Å²) in [5.41, 5.74) is 2.81. The first-order chi connectivity index (χ1) is 14.4. The fraction of sp³-hybridized carbons (Fsp3) is 0.143. The minimum Gasteiger partial charge on any atom is -0.325 e. The largest absolute Gasteiger partial charge is 0.325 e. The molecule has 9 heteroatoms. The molecule has 0 saturated carbocycles. The van der Waals surface area contributed by atoms with Crippen LogP contribution in [-0.4, -0.2) is 36.2 Å². The number of fused-ring (bicyclic) bond motifs is 1. The van der Waals surface area contributed by atoms with Crippen LogP contribution in [0.1, 0.15) is 22.8 Å².